The lowest BCUT2D eigenvalue weighted by Crippen LogP contribution is -2.17. The maximum Gasteiger partial charge on any atom is 0.338 e. The molecule has 0 saturated carbocycles. The number of aryl methyl sites for hydroxylation is 1. The van der Waals surface area contributed by atoms with E-state index in [0.717, 1.165) is 4.88 Å². The van der Waals surface area contributed by atoms with Crippen LogP contribution in [0, 0.1) is 6.92 Å². The number of ether oxygens (including phenoxy) is 2. The molecular formula is C22H22N2O6S. The number of benzene rings is 1. The summed E-state index contributed by atoms with van der Waals surface area (Å²) in [6, 6.07) is 8.05. The molecule has 8 nitrogen and oxygen atoms in total. The van der Waals surface area contributed by atoms with Crippen molar-refractivity contribution in [3.63, 3.8) is 0 Å². The van der Waals surface area contributed by atoms with E-state index in [-0.39, 0.29) is 42.4 Å². The van der Waals surface area contributed by atoms with Crippen LogP contribution in [0.2, 0.25) is 0 Å². The lowest BCUT2D eigenvalue weighted by atomic mass is 10.1. The van der Waals surface area contributed by atoms with E-state index in [0.29, 0.717) is 17.3 Å². The second kappa shape index (κ2) is 10.0. The molecule has 1 amide bonds. The number of rotatable bonds is 8. The van der Waals surface area contributed by atoms with Crippen molar-refractivity contribution < 1.29 is 28.3 Å². The van der Waals surface area contributed by atoms with Crippen molar-refractivity contribution in [1.82, 2.24) is 4.98 Å². The quantitative estimate of drug-likeness (QED) is 0.520. The molecule has 9 heteroatoms. The van der Waals surface area contributed by atoms with E-state index in [9.17, 15) is 14.4 Å². The molecule has 0 aliphatic rings. The summed E-state index contributed by atoms with van der Waals surface area (Å²) in [5.41, 5.74) is 1.06. The molecule has 0 bridgehead atoms. The number of nitrogens with zero attached hydrogens (tertiary/aromatic N) is 1. The molecule has 162 valence electrons. The SMILES string of the molecule is CCOC(=O)c1cc(NC(=O)Cc2nc(-c3cccs3)oc2C)cc(C(=O)OCC)c1. The molecule has 31 heavy (non-hydrogen) atoms. The molecule has 3 rings (SSSR count). The minimum atomic E-state index is -0.600. The molecule has 1 N–H and O–H groups in total. The minimum Gasteiger partial charge on any atom is -0.462 e. The second-order valence-corrected chi connectivity index (χ2v) is 7.41. The highest BCUT2D eigenvalue weighted by atomic mass is 32.1. The highest BCUT2D eigenvalue weighted by Gasteiger charge is 2.18. The summed E-state index contributed by atoms with van der Waals surface area (Å²) in [5, 5.41) is 4.62. The van der Waals surface area contributed by atoms with Crippen LogP contribution in [0.5, 0.6) is 0 Å². The number of amides is 1. The summed E-state index contributed by atoms with van der Waals surface area (Å²) in [6.45, 7) is 5.47. The number of carbonyl (C=O) groups excluding carboxylic acids is 3. The Kier molecular flexibility index (Phi) is 7.19. The largest absolute Gasteiger partial charge is 0.462 e. The molecule has 0 spiro atoms. The molecule has 0 unspecified atom stereocenters. The first-order valence-electron chi connectivity index (χ1n) is 9.70. The predicted molar refractivity (Wildman–Crippen MR) is 115 cm³/mol. The Labute approximate surface area is 183 Å². The number of thiophene rings is 1. The predicted octanol–water partition coefficient (Wildman–Crippen LogP) is 4.25. The third kappa shape index (κ3) is 5.58. The molecule has 0 aliphatic heterocycles. The smallest absolute Gasteiger partial charge is 0.338 e. The van der Waals surface area contributed by atoms with Gasteiger partial charge in [0.2, 0.25) is 11.8 Å². The van der Waals surface area contributed by atoms with E-state index in [1.54, 1.807) is 20.8 Å². The second-order valence-electron chi connectivity index (χ2n) is 6.46. The van der Waals surface area contributed by atoms with Crippen LogP contribution in [-0.4, -0.2) is 36.0 Å². The van der Waals surface area contributed by atoms with Gasteiger partial charge >= 0.3 is 11.9 Å². The fourth-order valence-corrected chi connectivity index (χ4v) is 3.47. The molecule has 2 aromatic heterocycles. The summed E-state index contributed by atoms with van der Waals surface area (Å²) in [7, 11) is 0. The van der Waals surface area contributed by atoms with Gasteiger partial charge in [0, 0.05) is 5.69 Å². The molecule has 0 fully saturated rings. The Hall–Kier alpha value is -3.46. The summed E-state index contributed by atoms with van der Waals surface area (Å²) in [6.07, 6.45) is -0.0287. The molecule has 3 aromatic rings. The van der Waals surface area contributed by atoms with Crippen molar-refractivity contribution in [2.45, 2.75) is 27.2 Å². The van der Waals surface area contributed by atoms with Crippen LogP contribution in [0.3, 0.4) is 0 Å². The van der Waals surface area contributed by atoms with Gasteiger partial charge in [-0.25, -0.2) is 14.6 Å². The van der Waals surface area contributed by atoms with E-state index in [2.05, 4.69) is 10.3 Å². The normalized spacial score (nSPS) is 10.5. The number of oxazole rings is 1. The molecule has 2 heterocycles. The standard InChI is InChI=1S/C22H22N2O6S/c1-4-28-21(26)14-9-15(22(27)29-5-2)11-16(10-14)23-19(25)12-17-13(3)30-20(24-17)18-7-6-8-31-18/h6-11H,4-5,12H2,1-3H3,(H,23,25). The first kappa shape index (κ1) is 22.2. The third-order valence-electron chi connectivity index (χ3n) is 4.19. The number of esters is 2. The van der Waals surface area contributed by atoms with Gasteiger partial charge < -0.3 is 19.2 Å². The number of hydrogen-bond acceptors (Lipinski definition) is 8. The van der Waals surface area contributed by atoms with Gasteiger partial charge in [0.15, 0.2) is 0 Å². The Morgan fingerprint density at radius 3 is 2.26 bits per heavy atom. The van der Waals surface area contributed by atoms with E-state index in [4.69, 9.17) is 13.9 Å². The van der Waals surface area contributed by atoms with Crippen molar-refractivity contribution in [1.29, 1.82) is 0 Å². The van der Waals surface area contributed by atoms with Crippen LogP contribution in [0.1, 0.15) is 46.0 Å². The number of anilines is 1. The first-order chi connectivity index (χ1) is 14.9. The molecular weight excluding hydrogens is 420 g/mol. The van der Waals surface area contributed by atoms with Crippen molar-refractivity contribution in [3.05, 3.63) is 58.3 Å². The molecule has 0 radical (unpaired) electrons. The Balaban J connectivity index is 1.80. The maximum absolute atomic E-state index is 12.6. The summed E-state index contributed by atoms with van der Waals surface area (Å²) in [4.78, 5) is 42.2. The van der Waals surface area contributed by atoms with Gasteiger partial charge in [-0.15, -0.1) is 11.3 Å². The van der Waals surface area contributed by atoms with Gasteiger partial charge in [0.05, 0.1) is 41.3 Å². The van der Waals surface area contributed by atoms with Gasteiger partial charge in [-0.1, -0.05) is 6.07 Å². The zero-order valence-electron chi connectivity index (χ0n) is 17.4. The summed E-state index contributed by atoms with van der Waals surface area (Å²) < 4.78 is 15.7. The lowest BCUT2D eigenvalue weighted by molar-refractivity contribution is -0.115. The van der Waals surface area contributed by atoms with Crippen molar-refractivity contribution in [2.75, 3.05) is 18.5 Å². The zero-order valence-corrected chi connectivity index (χ0v) is 18.2. The Morgan fingerprint density at radius 1 is 1.06 bits per heavy atom. The first-order valence-corrected chi connectivity index (χ1v) is 10.6. The maximum atomic E-state index is 12.6. The van der Waals surface area contributed by atoms with Gasteiger partial charge in [-0.05, 0) is 50.4 Å². The monoisotopic (exact) mass is 442 g/mol. The number of carbonyl (C=O) groups is 3. The van der Waals surface area contributed by atoms with Gasteiger partial charge in [-0.2, -0.15) is 0 Å². The van der Waals surface area contributed by atoms with Gasteiger partial charge in [-0.3, -0.25) is 4.79 Å². The van der Waals surface area contributed by atoms with E-state index >= 15 is 0 Å². The number of hydrogen-bond donors (Lipinski definition) is 1. The average Bonchev–Trinajstić information content (AvgIpc) is 3.38. The van der Waals surface area contributed by atoms with Crippen LogP contribution in [0.4, 0.5) is 5.69 Å². The van der Waals surface area contributed by atoms with E-state index in [1.165, 1.54) is 29.5 Å². The molecule has 0 saturated heterocycles. The number of aromatic nitrogens is 1. The average molecular weight is 442 g/mol. The van der Waals surface area contributed by atoms with Crippen molar-refractivity contribution >= 4 is 34.9 Å². The number of nitrogens with one attached hydrogen (secondary N) is 1. The Bertz CT molecular complexity index is 1050. The van der Waals surface area contributed by atoms with Crippen LogP contribution >= 0.6 is 11.3 Å². The summed E-state index contributed by atoms with van der Waals surface area (Å²) >= 11 is 1.49. The van der Waals surface area contributed by atoms with Crippen LogP contribution < -0.4 is 5.32 Å². The zero-order chi connectivity index (χ0) is 22.4. The molecule has 0 aliphatic carbocycles. The van der Waals surface area contributed by atoms with E-state index < -0.39 is 11.9 Å². The van der Waals surface area contributed by atoms with Crippen LogP contribution in [0.15, 0.2) is 40.1 Å². The fraction of sp³-hybridized carbons (Fsp3) is 0.273. The van der Waals surface area contributed by atoms with Gasteiger partial charge in [0.1, 0.15) is 5.76 Å². The van der Waals surface area contributed by atoms with Crippen LogP contribution in [0.25, 0.3) is 10.8 Å². The minimum absolute atomic E-state index is 0.0287. The summed E-state index contributed by atoms with van der Waals surface area (Å²) in [5.74, 6) is -0.561. The van der Waals surface area contributed by atoms with Gasteiger partial charge in [0.25, 0.3) is 0 Å². The molecule has 0 atom stereocenters. The van der Waals surface area contributed by atoms with Crippen molar-refractivity contribution in [3.8, 4) is 10.8 Å². The highest BCUT2D eigenvalue weighted by Crippen LogP contribution is 2.26. The lowest BCUT2D eigenvalue weighted by Gasteiger charge is -2.10. The fourth-order valence-electron chi connectivity index (χ4n) is 2.82. The highest BCUT2D eigenvalue weighted by molar-refractivity contribution is 7.13. The molecule has 1 aromatic carbocycles. The van der Waals surface area contributed by atoms with E-state index in [1.807, 2.05) is 17.5 Å². The third-order valence-corrected chi connectivity index (χ3v) is 5.05. The Morgan fingerprint density at radius 2 is 1.71 bits per heavy atom. The van der Waals surface area contributed by atoms with Crippen molar-refractivity contribution in [2.24, 2.45) is 0 Å². The van der Waals surface area contributed by atoms with Crippen LogP contribution in [-0.2, 0) is 20.7 Å². The topological polar surface area (TPSA) is 108 Å².